The third-order valence-electron chi connectivity index (χ3n) is 5.21. The van der Waals surface area contributed by atoms with Crippen LogP contribution in [0, 0.1) is 6.92 Å². The summed E-state index contributed by atoms with van der Waals surface area (Å²) in [6.45, 7) is 2.31. The van der Waals surface area contributed by atoms with Crippen molar-refractivity contribution in [2.45, 2.75) is 30.7 Å². The second-order valence-corrected chi connectivity index (χ2v) is 9.08. The van der Waals surface area contributed by atoms with E-state index >= 15 is 0 Å². The minimum absolute atomic E-state index is 0.274. The van der Waals surface area contributed by atoms with Gasteiger partial charge in [-0.1, -0.05) is 12.1 Å². The van der Waals surface area contributed by atoms with Gasteiger partial charge in [-0.25, -0.2) is 18.4 Å². The maximum absolute atomic E-state index is 13.4. The van der Waals surface area contributed by atoms with Crippen LogP contribution in [0.2, 0.25) is 0 Å². The van der Waals surface area contributed by atoms with Crippen LogP contribution in [0.5, 0.6) is 5.75 Å². The summed E-state index contributed by atoms with van der Waals surface area (Å²) in [4.78, 5) is 9.20. The number of anilines is 2. The van der Waals surface area contributed by atoms with E-state index in [1.54, 1.807) is 35.8 Å². The Bertz CT molecular complexity index is 1140. The van der Waals surface area contributed by atoms with Gasteiger partial charge >= 0.3 is 0 Å². The summed E-state index contributed by atoms with van der Waals surface area (Å²) in [5, 5.41) is 3.17. The van der Waals surface area contributed by atoms with Crippen LogP contribution in [0.3, 0.4) is 0 Å². The van der Waals surface area contributed by atoms with Crippen molar-refractivity contribution in [2.24, 2.45) is 0 Å². The van der Waals surface area contributed by atoms with Crippen molar-refractivity contribution in [3.05, 3.63) is 72.1 Å². The molecule has 30 heavy (non-hydrogen) atoms. The Labute approximate surface area is 176 Å². The topological polar surface area (TPSA) is 84.4 Å². The lowest BCUT2D eigenvalue weighted by Gasteiger charge is -2.24. The number of aromatic nitrogens is 2. The SMILES string of the molecule is COc1ccc(S(=O)(=O)N2CCC[C@@H]2c2cccc(Nc3ccccn3)n2)cc1C. The average molecular weight is 425 g/mol. The molecule has 1 aromatic carbocycles. The van der Waals surface area contributed by atoms with Crippen molar-refractivity contribution < 1.29 is 13.2 Å². The molecule has 0 radical (unpaired) electrons. The van der Waals surface area contributed by atoms with Crippen molar-refractivity contribution in [1.29, 1.82) is 0 Å². The fourth-order valence-electron chi connectivity index (χ4n) is 3.74. The molecule has 0 amide bonds. The Morgan fingerprint density at radius 1 is 1.10 bits per heavy atom. The molecule has 1 aliphatic rings. The van der Waals surface area contributed by atoms with Crippen molar-refractivity contribution in [1.82, 2.24) is 14.3 Å². The molecule has 2 aromatic heterocycles. The lowest BCUT2D eigenvalue weighted by atomic mass is 10.1. The van der Waals surface area contributed by atoms with E-state index in [9.17, 15) is 8.42 Å². The Kier molecular flexibility index (Phi) is 5.69. The molecular formula is C22H24N4O3S. The number of hydrogen-bond acceptors (Lipinski definition) is 6. The maximum Gasteiger partial charge on any atom is 0.243 e. The molecule has 8 heteroatoms. The highest BCUT2D eigenvalue weighted by atomic mass is 32.2. The lowest BCUT2D eigenvalue weighted by molar-refractivity contribution is 0.390. The Morgan fingerprint density at radius 2 is 1.93 bits per heavy atom. The second-order valence-electron chi connectivity index (χ2n) is 7.19. The van der Waals surface area contributed by atoms with Crippen molar-refractivity contribution >= 4 is 21.7 Å². The fraction of sp³-hybridized carbons (Fsp3) is 0.273. The van der Waals surface area contributed by atoms with E-state index in [-0.39, 0.29) is 10.9 Å². The first-order chi connectivity index (χ1) is 14.5. The molecule has 3 aromatic rings. The summed E-state index contributed by atoms with van der Waals surface area (Å²) in [6.07, 6.45) is 3.22. The summed E-state index contributed by atoms with van der Waals surface area (Å²) in [5.74, 6) is 1.99. The summed E-state index contributed by atoms with van der Waals surface area (Å²) in [7, 11) is -2.08. The molecule has 0 saturated carbocycles. The van der Waals surface area contributed by atoms with Crippen LogP contribution < -0.4 is 10.1 Å². The van der Waals surface area contributed by atoms with Crippen LogP contribution in [0.25, 0.3) is 0 Å². The lowest BCUT2D eigenvalue weighted by Crippen LogP contribution is -2.31. The molecule has 1 fully saturated rings. The third kappa shape index (κ3) is 4.01. The third-order valence-corrected chi connectivity index (χ3v) is 7.11. The second kappa shape index (κ2) is 8.41. The van der Waals surface area contributed by atoms with Gasteiger partial charge in [0.25, 0.3) is 0 Å². The minimum atomic E-state index is -3.65. The maximum atomic E-state index is 13.4. The van der Waals surface area contributed by atoms with Gasteiger partial charge in [0.1, 0.15) is 17.4 Å². The molecule has 0 bridgehead atoms. The quantitative estimate of drug-likeness (QED) is 0.642. The minimum Gasteiger partial charge on any atom is -0.496 e. The number of ether oxygens (including phenoxy) is 1. The highest BCUT2D eigenvalue weighted by molar-refractivity contribution is 7.89. The first-order valence-electron chi connectivity index (χ1n) is 9.80. The highest BCUT2D eigenvalue weighted by Gasteiger charge is 2.37. The molecular weight excluding hydrogens is 400 g/mol. The normalized spacial score (nSPS) is 17.1. The fourth-order valence-corrected chi connectivity index (χ4v) is 5.50. The van der Waals surface area contributed by atoms with Crippen molar-refractivity contribution in [3.63, 3.8) is 0 Å². The Morgan fingerprint density at radius 3 is 2.67 bits per heavy atom. The molecule has 1 N–H and O–H groups in total. The zero-order valence-corrected chi connectivity index (χ0v) is 17.8. The number of rotatable bonds is 6. The smallest absolute Gasteiger partial charge is 0.243 e. The first-order valence-corrected chi connectivity index (χ1v) is 11.2. The monoisotopic (exact) mass is 424 g/mol. The molecule has 3 heterocycles. The van der Waals surface area contributed by atoms with Crippen LogP contribution in [0.1, 0.15) is 30.1 Å². The van der Waals surface area contributed by atoms with Gasteiger partial charge in [-0.2, -0.15) is 4.31 Å². The van der Waals surface area contributed by atoms with Gasteiger partial charge in [-0.3, -0.25) is 0 Å². The van der Waals surface area contributed by atoms with E-state index in [1.165, 1.54) is 0 Å². The number of pyridine rings is 2. The molecule has 156 valence electrons. The highest BCUT2D eigenvalue weighted by Crippen LogP contribution is 2.37. The van der Waals surface area contributed by atoms with Crippen LogP contribution in [0.4, 0.5) is 11.6 Å². The number of hydrogen-bond donors (Lipinski definition) is 1. The van der Waals surface area contributed by atoms with E-state index in [4.69, 9.17) is 4.74 Å². The van der Waals surface area contributed by atoms with Crippen LogP contribution in [0.15, 0.2) is 65.7 Å². The van der Waals surface area contributed by atoms with E-state index in [0.717, 1.165) is 24.1 Å². The predicted octanol–water partition coefficient (Wildman–Crippen LogP) is 4.06. The average Bonchev–Trinajstić information content (AvgIpc) is 3.25. The summed E-state index contributed by atoms with van der Waals surface area (Å²) in [5.41, 5.74) is 1.51. The standard InChI is InChI=1S/C22H24N4O3S/c1-16-15-17(11-12-20(16)29-2)30(27,28)26-14-6-8-19(26)18-7-5-10-22(24-18)25-21-9-3-4-13-23-21/h3-5,7,9-13,15,19H,6,8,14H2,1-2H3,(H,23,24,25)/t19-/m1/s1. The number of sulfonamides is 1. The molecule has 0 aliphatic carbocycles. The number of nitrogens with one attached hydrogen (secondary N) is 1. The van der Waals surface area contributed by atoms with Gasteiger partial charge in [-0.05, 0) is 67.8 Å². The number of aryl methyl sites for hydroxylation is 1. The van der Waals surface area contributed by atoms with E-state index < -0.39 is 10.0 Å². The Hall–Kier alpha value is -2.97. The summed E-state index contributed by atoms with van der Waals surface area (Å²) < 4.78 is 33.6. The number of methoxy groups -OCH3 is 1. The molecule has 7 nitrogen and oxygen atoms in total. The Balaban J connectivity index is 1.62. The van der Waals surface area contributed by atoms with Crippen molar-refractivity contribution in [2.75, 3.05) is 19.0 Å². The number of nitrogens with zero attached hydrogens (tertiary/aromatic N) is 3. The molecule has 4 rings (SSSR count). The van der Waals surface area contributed by atoms with E-state index in [1.807, 2.05) is 43.3 Å². The zero-order chi connectivity index (χ0) is 21.1. The molecule has 1 aliphatic heterocycles. The van der Waals surface area contributed by atoms with E-state index in [2.05, 4.69) is 15.3 Å². The zero-order valence-electron chi connectivity index (χ0n) is 16.9. The van der Waals surface area contributed by atoms with Gasteiger partial charge in [0, 0.05) is 12.7 Å². The summed E-state index contributed by atoms with van der Waals surface area (Å²) in [6, 6.07) is 15.9. The van der Waals surface area contributed by atoms with Gasteiger partial charge < -0.3 is 10.1 Å². The van der Waals surface area contributed by atoms with Gasteiger partial charge in [0.05, 0.1) is 23.7 Å². The number of benzene rings is 1. The molecule has 0 unspecified atom stereocenters. The van der Waals surface area contributed by atoms with Crippen LogP contribution in [-0.4, -0.2) is 36.3 Å². The summed E-state index contributed by atoms with van der Waals surface area (Å²) >= 11 is 0. The van der Waals surface area contributed by atoms with Gasteiger partial charge in [0.2, 0.25) is 10.0 Å². The predicted molar refractivity (Wildman–Crippen MR) is 115 cm³/mol. The van der Waals surface area contributed by atoms with E-state index in [0.29, 0.717) is 23.9 Å². The van der Waals surface area contributed by atoms with Crippen LogP contribution in [-0.2, 0) is 10.0 Å². The van der Waals surface area contributed by atoms with Crippen LogP contribution >= 0.6 is 0 Å². The molecule has 1 atom stereocenters. The van der Waals surface area contributed by atoms with Gasteiger partial charge in [-0.15, -0.1) is 0 Å². The van der Waals surface area contributed by atoms with Gasteiger partial charge in [0.15, 0.2) is 0 Å². The van der Waals surface area contributed by atoms with Crippen molar-refractivity contribution in [3.8, 4) is 5.75 Å². The molecule has 0 spiro atoms. The molecule has 1 saturated heterocycles. The first kappa shape index (κ1) is 20.3. The largest absolute Gasteiger partial charge is 0.496 e.